The number of likely N-dealkylation sites (tertiary alicyclic amines) is 1. The second-order valence-electron chi connectivity index (χ2n) is 7.23. The van der Waals surface area contributed by atoms with Crippen LogP contribution in [0.3, 0.4) is 0 Å². The maximum atomic E-state index is 13.2. The summed E-state index contributed by atoms with van der Waals surface area (Å²) in [5.74, 6) is 1.24. The molecule has 146 valence electrons. The number of aryl methyl sites for hydroxylation is 1. The van der Waals surface area contributed by atoms with Crippen LogP contribution in [-0.4, -0.2) is 63.7 Å². The number of piperidine rings is 1. The van der Waals surface area contributed by atoms with Gasteiger partial charge in [0.2, 0.25) is 5.88 Å². The summed E-state index contributed by atoms with van der Waals surface area (Å²) in [5, 5.41) is 8.28. The van der Waals surface area contributed by atoms with Crippen molar-refractivity contribution in [3.05, 3.63) is 47.9 Å². The predicted octanol–water partition coefficient (Wildman–Crippen LogP) is 2.18. The molecule has 28 heavy (non-hydrogen) atoms. The first kappa shape index (κ1) is 18.2. The highest BCUT2D eigenvalue weighted by molar-refractivity contribution is 5.94. The molecular formula is C20H24N6O2. The van der Waals surface area contributed by atoms with Gasteiger partial charge >= 0.3 is 0 Å². The quantitative estimate of drug-likeness (QED) is 0.691. The van der Waals surface area contributed by atoms with Gasteiger partial charge in [-0.25, -0.2) is 4.98 Å². The van der Waals surface area contributed by atoms with E-state index in [4.69, 9.17) is 4.74 Å². The second-order valence-corrected chi connectivity index (χ2v) is 7.23. The van der Waals surface area contributed by atoms with E-state index < -0.39 is 0 Å². The molecule has 0 aromatic carbocycles. The molecule has 0 saturated carbocycles. The van der Waals surface area contributed by atoms with Crippen LogP contribution in [0.25, 0.3) is 5.65 Å². The highest BCUT2D eigenvalue weighted by Crippen LogP contribution is 2.21. The lowest BCUT2D eigenvalue weighted by molar-refractivity contribution is 0.0519. The number of pyridine rings is 1. The van der Waals surface area contributed by atoms with E-state index in [1.165, 1.54) is 0 Å². The number of carbonyl (C=O) groups excluding carboxylic acids is 1. The van der Waals surface area contributed by atoms with Crippen molar-refractivity contribution in [1.29, 1.82) is 0 Å². The van der Waals surface area contributed by atoms with Gasteiger partial charge in [-0.2, -0.15) is 0 Å². The number of hydrogen-bond donors (Lipinski definition) is 0. The number of amides is 1. The van der Waals surface area contributed by atoms with Gasteiger partial charge in [0.1, 0.15) is 17.4 Å². The normalized spacial score (nSPS) is 17.0. The number of fused-ring (bicyclic) bond motifs is 1. The Morgan fingerprint density at radius 2 is 2.07 bits per heavy atom. The van der Waals surface area contributed by atoms with Crippen molar-refractivity contribution in [2.75, 3.05) is 32.1 Å². The standard InChI is InChI=1S/C20H24N6O2/c1-14-19(26-12-5-4-8-16(26)21-14)20(27)25-11-6-7-15(13-25)28-18-10-9-17(22-23-18)24(2)3/h4-5,8-10,12,15H,6-7,11,13H2,1-3H3. The molecule has 1 atom stereocenters. The van der Waals surface area contributed by atoms with Gasteiger partial charge in [0.25, 0.3) is 5.91 Å². The van der Waals surface area contributed by atoms with E-state index in [-0.39, 0.29) is 12.0 Å². The van der Waals surface area contributed by atoms with E-state index in [1.807, 2.05) is 71.7 Å². The maximum Gasteiger partial charge on any atom is 0.272 e. The summed E-state index contributed by atoms with van der Waals surface area (Å²) < 4.78 is 7.85. The van der Waals surface area contributed by atoms with Crippen LogP contribution in [-0.2, 0) is 0 Å². The lowest BCUT2D eigenvalue weighted by atomic mass is 10.1. The molecule has 1 saturated heterocycles. The molecule has 4 heterocycles. The van der Waals surface area contributed by atoms with Crippen molar-refractivity contribution in [3.8, 4) is 5.88 Å². The summed E-state index contributed by atoms with van der Waals surface area (Å²) in [4.78, 5) is 21.4. The molecular weight excluding hydrogens is 356 g/mol. The summed E-state index contributed by atoms with van der Waals surface area (Å²) in [5.41, 5.74) is 2.14. The van der Waals surface area contributed by atoms with Crippen LogP contribution in [0, 0.1) is 6.92 Å². The Balaban J connectivity index is 1.48. The minimum Gasteiger partial charge on any atom is -0.471 e. The minimum atomic E-state index is -0.100. The van der Waals surface area contributed by atoms with Crippen LogP contribution >= 0.6 is 0 Å². The summed E-state index contributed by atoms with van der Waals surface area (Å²) in [7, 11) is 3.83. The lowest BCUT2D eigenvalue weighted by Crippen LogP contribution is -2.45. The first-order chi connectivity index (χ1) is 13.5. The van der Waals surface area contributed by atoms with Crippen LogP contribution in [0.1, 0.15) is 29.0 Å². The summed E-state index contributed by atoms with van der Waals surface area (Å²) in [6.07, 6.45) is 3.54. The van der Waals surface area contributed by atoms with E-state index in [9.17, 15) is 4.79 Å². The third-order valence-electron chi connectivity index (χ3n) is 4.94. The second kappa shape index (κ2) is 7.46. The molecule has 3 aromatic rings. The van der Waals surface area contributed by atoms with Crippen molar-refractivity contribution in [1.82, 2.24) is 24.5 Å². The summed E-state index contributed by atoms with van der Waals surface area (Å²) in [6.45, 7) is 3.11. The van der Waals surface area contributed by atoms with Gasteiger partial charge in [-0.05, 0) is 38.0 Å². The largest absolute Gasteiger partial charge is 0.471 e. The fraction of sp³-hybridized carbons (Fsp3) is 0.400. The Morgan fingerprint density at radius 1 is 1.21 bits per heavy atom. The van der Waals surface area contributed by atoms with Crippen molar-refractivity contribution in [2.45, 2.75) is 25.9 Å². The van der Waals surface area contributed by atoms with E-state index >= 15 is 0 Å². The van der Waals surface area contributed by atoms with Gasteiger partial charge in [-0.3, -0.25) is 9.20 Å². The Bertz CT molecular complexity index is 982. The fourth-order valence-electron chi connectivity index (χ4n) is 3.52. The number of anilines is 1. The predicted molar refractivity (Wildman–Crippen MR) is 106 cm³/mol. The molecule has 0 radical (unpaired) electrons. The van der Waals surface area contributed by atoms with Gasteiger partial charge in [0.15, 0.2) is 5.82 Å². The van der Waals surface area contributed by atoms with Crippen LogP contribution in [0.2, 0.25) is 0 Å². The first-order valence-corrected chi connectivity index (χ1v) is 9.43. The average molecular weight is 380 g/mol. The van der Waals surface area contributed by atoms with Crippen molar-refractivity contribution in [2.24, 2.45) is 0 Å². The van der Waals surface area contributed by atoms with Gasteiger partial charge < -0.3 is 14.5 Å². The van der Waals surface area contributed by atoms with Crippen LogP contribution < -0.4 is 9.64 Å². The van der Waals surface area contributed by atoms with E-state index in [2.05, 4.69) is 15.2 Å². The molecule has 1 amide bonds. The molecule has 0 N–H and O–H groups in total. The fourth-order valence-corrected chi connectivity index (χ4v) is 3.52. The monoisotopic (exact) mass is 380 g/mol. The smallest absolute Gasteiger partial charge is 0.272 e. The average Bonchev–Trinajstić information content (AvgIpc) is 3.03. The Kier molecular flexibility index (Phi) is 4.85. The third-order valence-corrected chi connectivity index (χ3v) is 4.94. The molecule has 1 aliphatic heterocycles. The zero-order valence-electron chi connectivity index (χ0n) is 16.4. The molecule has 0 spiro atoms. The zero-order chi connectivity index (χ0) is 19.7. The number of carbonyl (C=O) groups is 1. The highest BCUT2D eigenvalue weighted by Gasteiger charge is 2.29. The highest BCUT2D eigenvalue weighted by atomic mass is 16.5. The van der Waals surface area contributed by atoms with Crippen LogP contribution in [0.5, 0.6) is 5.88 Å². The Hall–Kier alpha value is -3.16. The molecule has 8 nitrogen and oxygen atoms in total. The number of rotatable bonds is 4. The lowest BCUT2D eigenvalue weighted by Gasteiger charge is -2.32. The molecule has 8 heteroatoms. The minimum absolute atomic E-state index is 0.0152. The van der Waals surface area contributed by atoms with Crippen molar-refractivity contribution >= 4 is 17.4 Å². The topological polar surface area (TPSA) is 75.9 Å². The number of hydrogen-bond acceptors (Lipinski definition) is 6. The Morgan fingerprint density at radius 3 is 2.82 bits per heavy atom. The van der Waals surface area contributed by atoms with Gasteiger partial charge in [0, 0.05) is 32.9 Å². The number of imidazole rings is 1. The Labute approximate surface area is 163 Å². The van der Waals surface area contributed by atoms with Gasteiger partial charge in [0.05, 0.1) is 12.2 Å². The maximum absolute atomic E-state index is 13.2. The first-order valence-electron chi connectivity index (χ1n) is 9.43. The molecule has 0 bridgehead atoms. The van der Waals surface area contributed by atoms with Gasteiger partial charge in [-0.15, -0.1) is 10.2 Å². The third kappa shape index (κ3) is 3.49. The molecule has 1 aliphatic rings. The summed E-state index contributed by atoms with van der Waals surface area (Å²) in [6, 6.07) is 9.42. The number of aromatic nitrogens is 4. The molecule has 3 aromatic heterocycles. The molecule has 0 aliphatic carbocycles. The van der Waals surface area contributed by atoms with E-state index in [0.717, 1.165) is 30.0 Å². The molecule has 1 fully saturated rings. The SMILES string of the molecule is Cc1nc2ccccn2c1C(=O)N1CCCC(Oc2ccc(N(C)C)nn2)C1. The number of nitrogens with zero attached hydrogens (tertiary/aromatic N) is 6. The number of ether oxygens (including phenoxy) is 1. The van der Waals surface area contributed by atoms with E-state index in [1.54, 1.807) is 0 Å². The van der Waals surface area contributed by atoms with Crippen LogP contribution in [0.15, 0.2) is 36.5 Å². The van der Waals surface area contributed by atoms with Crippen LogP contribution in [0.4, 0.5) is 5.82 Å². The van der Waals surface area contributed by atoms with Crippen molar-refractivity contribution in [3.63, 3.8) is 0 Å². The molecule has 4 rings (SSSR count). The van der Waals surface area contributed by atoms with Gasteiger partial charge in [-0.1, -0.05) is 6.07 Å². The van der Waals surface area contributed by atoms with E-state index in [0.29, 0.717) is 24.7 Å². The molecule has 1 unspecified atom stereocenters. The van der Waals surface area contributed by atoms with Crippen molar-refractivity contribution < 1.29 is 9.53 Å². The zero-order valence-corrected chi connectivity index (χ0v) is 16.4. The summed E-state index contributed by atoms with van der Waals surface area (Å²) >= 11 is 0.